The van der Waals surface area contributed by atoms with Crippen LogP contribution in [0.15, 0.2) is 29.3 Å². The number of hydrogen-bond donors (Lipinski definition) is 1. The smallest absolute Gasteiger partial charge is 0.156 e. The van der Waals surface area contributed by atoms with E-state index in [-0.39, 0.29) is 0 Å². The fourth-order valence-corrected chi connectivity index (χ4v) is 4.38. The molecule has 0 aromatic heterocycles. The first-order valence-corrected chi connectivity index (χ1v) is 8.90. The Hall–Kier alpha value is -1.16. The van der Waals surface area contributed by atoms with E-state index in [0.717, 1.165) is 29.8 Å². The number of thioether (sulfide) groups is 1. The van der Waals surface area contributed by atoms with Crippen molar-refractivity contribution in [1.29, 1.82) is 0 Å². The van der Waals surface area contributed by atoms with Crippen molar-refractivity contribution in [3.8, 4) is 5.75 Å². The number of methoxy groups -OCH3 is 1. The molecule has 0 bridgehead atoms. The third-order valence-corrected chi connectivity index (χ3v) is 5.56. The van der Waals surface area contributed by atoms with Crippen molar-refractivity contribution in [2.24, 2.45) is 10.9 Å². The summed E-state index contributed by atoms with van der Waals surface area (Å²) >= 11 is 1.91. The maximum absolute atomic E-state index is 5.26. The van der Waals surface area contributed by atoms with Crippen LogP contribution in [0.4, 0.5) is 0 Å². The molecule has 2 atom stereocenters. The number of fused-ring (bicyclic) bond motifs is 1. The van der Waals surface area contributed by atoms with Crippen LogP contribution in [-0.2, 0) is 6.42 Å². The molecule has 21 heavy (non-hydrogen) atoms. The number of nitrogens with one attached hydrogen (secondary N) is 1. The van der Waals surface area contributed by atoms with Crippen LogP contribution in [0.2, 0.25) is 0 Å². The lowest BCUT2D eigenvalue weighted by molar-refractivity contribution is 0.311. The second-order valence-corrected chi connectivity index (χ2v) is 6.90. The topological polar surface area (TPSA) is 33.6 Å². The molecule has 3 nitrogen and oxygen atoms in total. The molecular weight excluding hydrogens is 280 g/mol. The standard InChI is InChI=1S/C17H24N2OS/c1-20-15-7-4-5-13(11-15)9-10-18-17-19-16-8-3-2-6-14(16)12-21-17/h4-5,7,11,14,16H,2-3,6,8-10,12H2,1H3,(H,18,19). The Morgan fingerprint density at radius 2 is 2.24 bits per heavy atom. The number of amidine groups is 1. The van der Waals surface area contributed by atoms with Gasteiger partial charge in [0.05, 0.1) is 7.11 Å². The Labute approximate surface area is 131 Å². The molecule has 0 amide bonds. The average Bonchev–Trinajstić information content (AvgIpc) is 2.55. The van der Waals surface area contributed by atoms with Gasteiger partial charge in [0.25, 0.3) is 0 Å². The van der Waals surface area contributed by atoms with E-state index in [1.807, 2.05) is 23.9 Å². The number of hydrogen-bond acceptors (Lipinski definition) is 3. The molecule has 1 aliphatic carbocycles. The minimum absolute atomic E-state index is 0.676. The van der Waals surface area contributed by atoms with Gasteiger partial charge in [-0.05, 0) is 42.9 Å². The zero-order chi connectivity index (χ0) is 14.5. The highest BCUT2D eigenvalue weighted by Gasteiger charge is 2.29. The molecule has 2 aliphatic rings. The van der Waals surface area contributed by atoms with E-state index in [1.165, 1.54) is 37.0 Å². The molecule has 4 heteroatoms. The van der Waals surface area contributed by atoms with E-state index in [1.54, 1.807) is 7.11 Å². The first-order chi connectivity index (χ1) is 10.3. The van der Waals surface area contributed by atoms with Crippen LogP contribution in [0.25, 0.3) is 0 Å². The maximum atomic E-state index is 5.26. The number of nitrogens with zero attached hydrogens (tertiary/aromatic N) is 1. The summed E-state index contributed by atoms with van der Waals surface area (Å²) in [5.74, 6) is 3.03. The average molecular weight is 304 g/mol. The number of aliphatic imine (C=N–C) groups is 1. The van der Waals surface area contributed by atoms with E-state index in [9.17, 15) is 0 Å². The minimum Gasteiger partial charge on any atom is -0.497 e. The lowest BCUT2D eigenvalue weighted by atomic mass is 9.86. The summed E-state index contributed by atoms with van der Waals surface area (Å²) < 4.78 is 5.26. The molecule has 1 aromatic rings. The van der Waals surface area contributed by atoms with Crippen LogP contribution < -0.4 is 10.1 Å². The van der Waals surface area contributed by atoms with Crippen molar-refractivity contribution >= 4 is 16.9 Å². The molecule has 0 spiro atoms. The van der Waals surface area contributed by atoms with Gasteiger partial charge < -0.3 is 10.1 Å². The van der Waals surface area contributed by atoms with Crippen molar-refractivity contribution in [3.63, 3.8) is 0 Å². The number of ether oxygens (including phenoxy) is 1. The summed E-state index contributed by atoms with van der Waals surface area (Å²) in [6.45, 7) is 0.847. The first kappa shape index (κ1) is 14.8. The molecule has 114 valence electrons. The SMILES string of the molecule is COc1cccc(CCN=C2NC3CCCCC3CS2)c1. The maximum Gasteiger partial charge on any atom is 0.156 e. The van der Waals surface area contributed by atoms with E-state index in [4.69, 9.17) is 9.73 Å². The Balaban J connectivity index is 1.51. The largest absolute Gasteiger partial charge is 0.497 e. The summed E-state index contributed by atoms with van der Waals surface area (Å²) in [5, 5.41) is 4.81. The molecule has 1 N–H and O–H groups in total. The molecule has 1 saturated carbocycles. The van der Waals surface area contributed by atoms with Crippen molar-refractivity contribution in [1.82, 2.24) is 5.32 Å². The van der Waals surface area contributed by atoms with Gasteiger partial charge in [0.1, 0.15) is 5.75 Å². The quantitative estimate of drug-likeness (QED) is 0.924. The fourth-order valence-electron chi connectivity index (χ4n) is 3.19. The molecule has 2 fully saturated rings. The van der Waals surface area contributed by atoms with Crippen LogP contribution in [0.3, 0.4) is 0 Å². The van der Waals surface area contributed by atoms with Crippen molar-refractivity contribution in [2.45, 2.75) is 38.1 Å². The Kier molecular flexibility index (Phi) is 5.07. The zero-order valence-electron chi connectivity index (χ0n) is 12.7. The van der Waals surface area contributed by atoms with Crippen LogP contribution in [0.1, 0.15) is 31.2 Å². The third-order valence-electron chi connectivity index (χ3n) is 4.44. The monoisotopic (exact) mass is 304 g/mol. The second-order valence-electron chi connectivity index (χ2n) is 5.89. The Bertz CT molecular complexity index is 503. The van der Waals surface area contributed by atoms with Gasteiger partial charge in [-0.2, -0.15) is 0 Å². The van der Waals surface area contributed by atoms with E-state index in [0.29, 0.717) is 6.04 Å². The van der Waals surface area contributed by atoms with Gasteiger partial charge in [-0.25, -0.2) is 0 Å². The Morgan fingerprint density at radius 1 is 1.33 bits per heavy atom. The first-order valence-electron chi connectivity index (χ1n) is 7.92. The normalized spacial score (nSPS) is 27.0. The van der Waals surface area contributed by atoms with Crippen LogP contribution in [0, 0.1) is 5.92 Å². The highest BCUT2D eigenvalue weighted by atomic mass is 32.2. The second kappa shape index (κ2) is 7.21. The molecule has 1 aliphatic heterocycles. The summed E-state index contributed by atoms with van der Waals surface area (Å²) in [5.41, 5.74) is 1.29. The molecule has 2 unspecified atom stereocenters. The van der Waals surface area contributed by atoms with Gasteiger partial charge in [0.15, 0.2) is 5.17 Å². The van der Waals surface area contributed by atoms with E-state index < -0.39 is 0 Å². The van der Waals surface area contributed by atoms with Crippen molar-refractivity contribution in [3.05, 3.63) is 29.8 Å². The molecule has 3 rings (SSSR count). The lowest BCUT2D eigenvalue weighted by Gasteiger charge is -2.36. The van der Waals surface area contributed by atoms with Gasteiger partial charge in [-0.3, -0.25) is 4.99 Å². The predicted molar refractivity (Wildman–Crippen MR) is 90.3 cm³/mol. The van der Waals surface area contributed by atoms with Gasteiger partial charge in [0.2, 0.25) is 0 Å². The van der Waals surface area contributed by atoms with Crippen molar-refractivity contribution < 1.29 is 4.74 Å². The molecule has 1 aromatic carbocycles. The fraction of sp³-hybridized carbons (Fsp3) is 0.588. The summed E-state index contributed by atoms with van der Waals surface area (Å²) in [6.07, 6.45) is 6.46. The number of benzene rings is 1. The molecular formula is C17H24N2OS. The molecule has 0 radical (unpaired) electrons. The van der Waals surface area contributed by atoms with Gasteiger partial charge in [0, 0.05) is 18.3 Å². The van der Waals surface area contributed by atoms with E-state index >= 15 is 0 Å². The van der Waals surface area contributed by atoms with Gasteiger partial charge in [-0.15, -0.1) is 0 Å². The van der Waals surface area contributed by atoms with Crippen LogP contribution in [-0.4, -0.2) is 30.6 Å². The summed E-state index contributed by atoms with van der Waals surface area (Å²) in [4.78, 5) is 4.75. The zero-order valence-corrected chi connectivity index (χ0v) is 13.5. The molecule has 1 saturated heterocycles. The number of rotatable bonds is 4. The minimum atomic E-state index is 0.676. The predicted octanol–water partition coefficient (Wildman–Crippen LogP) is 3.49. The highest BCUT2D eigenvalue weighted by molar-refractivity contribution is 8.13. The van der Waals surface area contributed by atoms with Crippen LogP contribution >= 0.6 is 11.8 Å². The lowest BCUT2D eigenvalue weighted by Crippen LogP contribution is -2.46. The highest BCUT2D eigenvalue weighted by Crippen LogP contribution is 2.31. The van der Waals surface area contributed by atoms with E-state index in [2.05, 4.69) is 17.4 Å². The summed E-state index contributed by atoms with van der Waals surface area (Å²) in [6, 6.07) is 8.94. The third kappa shape index (κ3) is 3.94. The van der Waals surface area contributed by atoms with Crippen molar-refractivity contribution in [2.75, 3.05) is 19.4 Å². The summed E-state index contributed by atoms with van der Waals surface area (Å²) in [7, 11) is 1.71. The van der Waals surface area contributed by atoms with Crippen LogP contribution in [0.5, 0.6) is 5.75 Å². The van der Waals surface area contributed by atoms with Gasteiger partial charge in [-0.1, -0.05) is 36.7 Å². The molecule has 1 heterocycles. The Morgan fingerprint density at radius 3 is 3.14 bits per heavy atom. The van der Waals surface area contributed by atoms with Gasteiger partial charge >= 0.3 is 0 Å².